The van der Waals surface area contributed by atoms with Gasteiger partial charge in [0, 0.05) is 26.7 Å². The number of hydrogen-bond donors (Lipinski definition) is 0. The second-order valence-corrected chi connectivity index (χ2v) is 12.2. The van der Waals surface area contributed by atoms with E-state index in [1.807, 2.05) is 0 Å². The van der Waals surface area contributed by atoms with Gasteiger partial charge in [0.1, 0.15) is 5.57 Å². The minimum Gasteiger partial charge on any atom is -0.295 e. The fourth-order valence-electron chi connectivity index (χ4n) is 1.38. The Morgan fingerprint density at radius 3 is 3.00 bits per heavy atom. The minimum atomic E-state index is -0.445. The molecule has 2 heterocycles. The highest BCUT2D eigenvalue weighted by atomic mass is 32.6. The summed E-state index contributed by atoms with van der Waals surface area (Å²) in [5.74, 6) is 0. The van der Waals surface area contributed by atoms with Crippen molar-refractivity contribution in [1.29, 1.82) is 0 Å². The summed E-state index contributed by atoms with van der Waals surface area (Å²) in [6, 6.07) is 1.78. The second kappa shape index (κ2) is 5.11. The summed E-state index contributed by atoms with van der Waals surface area (Å²) in [7, 11) is 7.49. The average Bonchev–Trinajstić information content (AvgIpc) is 2.33. The Morgan fingerprint density at radius 2 is 2.31 bits per heavy atom. The van der Waals surface area contributed by atoms with Gasteiger partial charge >= 0.3 is 0 Å². The Hall–Kier alpha value is 0.0100. The van der Waals surface area contributed by atoms with Gasteiger partial charge in [-0.3, -0.25) is 14.3 Å². The van der Waals surface area contributed by atoms with Gasteiger partial charge < -0.3 is 0 Å². The normalized spacial score (nSPS) is 13.7. The van der Waals surface area contributed by atoms with Gasteiger partial charge in [0.25, 0.3) is 5.56 Å². The lowest BCUT2D eigenvalue weighted by Gasteiger charge is -2.13. The molecule has 4 atom stereocenters. The molecule has 2 aromatic rings. The van der Waals surface area contributed by atoms with Crippen LogP contribution in [0.3, 0.4) is 0 Å². The van der Waals surface area contributed by atoms with Crippen LogP contribution in [0.1, 0.15) is 0 Å². The average molecular weight is 289 g/mol. The molecule has 0 aliphatic heterocycles. The van der Waals surface area contributed by atoms with Gasteiger partial charge in [0.05, 0.1) is 10.9 Å². The highest BCUT2D eigenvalue weighted by Gasteiger charge is 2.12. The smallest absolute Gasteiger partial charge is 0.262 e. The maximum absolute atomic E-state index is 12.0. The van der Waals surface area contributed by atoms with E-state index >= 15 is 0 Å². The highest BCUT2D eigenvalue weighted by Crippen LogP contribution is 2.64. The molecule has 4 nitrogen and oxygen atoms in total. The Labute approximate surface area is 100 Å². The predicted molar refractivity (Wildman–Crippen MR) is 79.1 cm³/mol. The van der Waals surface area contributed by atoms with Crippen molar-refractivity contribution in [2.24, 2.45) is 7.05 Å². The molecule has 0 radical (unpaired) electrons. The zero-order valence-electron chi connectivity index (χ0n) is 8.58. The van der Waals surface area contributed by atoms with Crippen LogP contribution >= 0.6 is 33.1 Å². The summed E-state index contributed by atoms with van der Waals surface area (Å²) < 4.78 is 1.62. The second-order valence-electron chi connectivity index (χ2n) is 3.17. The molecule has 0 saturated heterocycles. The number of nitrogens with zero attached hydrogens (tertiary/aromatic N) is 3. The van der Waals surface area contributed by atoms with Crippen molar-refractivity contribution in [1.82, 2.24) is 14.5 Å². The lowest BCUT2D eigenvalue weighted by Crippen LogP contribution is -2.30. The van der Waals surface area contributed by atoms with Crippen LogP contribution in [0.4, 0.5) is 0 Å². The van der Waals surface area contributed by atoms with E-state index in [2.05, 4.69) is 27.8 Å². The van der Waals surface area contributed by atoms with Gasteiger partial charge in [-0.25, -0.2) is 4.98 Å². The van der Waals surface area contributed by atoms with Crippen molar-refractivity contribution in [2.45, 2.75) is 0 Å². The van der Waals surface area contributed by atoms with Gasteiger partial charge in [-0.2, -0.15) is 0 Å². The molecule has 0 amide bonds. The first-order chi connectivity index (χ1) is 7.65. The standard InChI is InChI=1S/C8H11N3OP4/c1-11-7(12)5-4-9-3-2-6(5)10-8(11)16(14)15-13/h2-4,15H,13-14H2,1H3. The van der Waals surface area contributed by atoms with E-state index in [4.69, 9.17) is 0 Å². The first-order valence-corrected chi connectivity index (χ1v) is 11.1. The van der Waals surface area contributed by atoms with E-state index in [1.54, 1.807) is 30.1 Å². The first kappa shape index (κ1) is 12.5. The van der Waals surface area contributed by atoms with Gasteiger partial charge in [-0.15, -0.1) is 8.93 Å². The quantitative estimate of drug-likeness (QED) is 0.789. The highest BCUT2D eigenvalue weighted by molar-refractivity contribution is 8.63. The largest absolute Gasteiger partial charge is 0.295 e. The topological polar surface area (TPSA) is 47.8 Å². The number of pyridine rings is 1. The van der Waals surface area contributed by atoms with Crippen LogP contribution in [0, 0.1) is 0 Å². The van der Waals surface area contributed by atoms with Gasteiger partial charge in [-0.05, 0) is 6.07 Å². The van der Waals surface area contributed by atoms with Crippen LogP contribution in [-0.4, -0.2) is 14.5 Å². The molecule has 0 N–H and O–H groups in total. The van der Waals surface area contributed by atoms with Crippen LogP contribution in [0.25, 0.3) is 10.9 Å². The molecule has 0 bridgehead atoms. The summed E-state index contributed by atoms with van der Waals surface area (Å²) in [6.45, 7) is 0. The summed E-state index contributed by atoms with van der Waals surface area (Å²) in [5, 5.41) is 0.578. The molecule has 8 heteroatoms. The van der Waals surface area contributed by atoms with Crippen LogP contribution < -0.4 is 11.1 Å². The summed E-state index contributed by atoms with van der Waals surface area (Å²) in [5.41, 5.74) is 1.56. The molecule has 2 aromatic heterocycles. The van der Waals surface area contributed by atoms with Crippen molar-refractivity contribution < 1.29 is 0 Å². The molecule has 4 unspecified atom stereocenters. The van der Waals surface area contributed by atoms with Crippen molar-refractivity contribution >= 4 is 49.6 Å². The lowest BCUT2D eigenvalue weighted by molar-refractivity contribution is 0.882. The van der Waals surface area contributed by atoms with E-state index in [0.29, 0.717) is 13.3 Å². The number of aromatic nitrogens is 3. The van der Waals surface area contributed by atoms with Crippen LogP contribution in [-0.2, 0) is 7.05 Å². The molecule has 84 valence electrons. The minimum absolute atomic E-state index is 0.0219. The Bertz CT molecular complexity index is 585. The summed E-state index contributed by atoms with van der Waals surface area (Å²) >= 11 is 0. The van der Waals surface area contributed by atoms with Crippen molar-refractivity contribution in [3.05, 3.63) is 28.8 Å². The molecule has 0 aliphatic rings. The van der Waals surface area contributed by atoms with Crippen molar-refractivity contribution in [3.63, 3.8) is 0 Å². The maximum Gasteiger partial charge on any atom is 0.262 e. The number of fused-ring (bicyclic) bond motifs is 1. The Balaban J connectivity index is 2.79. The predicted octanol–water partition coefficient (Wildman–Crippen LogP) is 1.61. The van der Waals surface area contributed by atoms with E-state index in [1.165, 1.54) is 0 Å². The number of hydrogen-bond acceptors (Lipinski definition) is 3. The number of rotatable bonds is 2. The maximum atomic E-state index is 12.0. The third kappa shape index (κ3) is 2.18. The monoisotopic (exact) mass is 289 g/mol. The third-order valence-corrected chi connectivity index (χ3v) is 12.0. The van der Waals surface area contributed by atoms with Crippen LogP contribution in [0.15, 0.2) is 23.3 Å². The van der Waals surface area contributed by atoms with E-state index < -0.39 is 7.30 Å². The molecule has 0 aromatic carbocycles. The summed E-state index contributed by atoms with van der Waals surface area (Å²) in [4.78, 5) is 20.5. The first-order valence-electron chi connectivity index (χ1n) is 4.47. The zero-order valence-corrected chi connectivity index (χ0v) is 12.8. The van der Waals surface area contributed by atoms with Crippen molar-refractivity contribution in [3.8, 4) is 0 Å². The van der Waals surface area contributed by atoms with E-state index in [-0.39, 0.29) is 5.56 Å². The fraction of sp³-hybridized carbons (Fsp3) is 0.125. The van der Waals surface area contributed by atoms with Gasteiger partial charge in [0.2, 0.25) is 0 Å². The van der Waals surface area contributed by atoms with E-state index in [0.717, 1.165) is 11.1 Å². The van der Waals surface area contributed by atoms with E-state index in [9.17, 15) is 4.79 Å². The fourth-order valence-corrected chi connectivity index (χ4v) is 4.80. The molecular weight excluding hydrogens is 278 g/mol. The molecule has 2 rings (SSSR count). The summed E-state index contributed by atoms with van der Waals surface area (Å²) in [6.07, 6.45) is 3.23. The zero-order chi connectivity index (χ0) is 11.7. The molecule has 0 fully saturated rings. The Kier molecular flexibility index (Phi) is 3.98. The molecule has 16 heavy (non-hydrogen) atoms. The molecule has 0 saturated carbocycles. The van der Waals surface area contributed by atoms with Crippen LogP contribution in [0.2, 0.25) is 0 Å². The molecule has 0 spiro atoms. The van der Waals surface area contributed by atoms with Crippen molar-refractivity contribution in [2.75, 3.05) is 0 Å². The lowest BCUT2D eigenvalue weighted by atomic mass is 10.3. The SMILES string of the molecule is Cn1c(P(P)PP)nc2ccncc2c1=O. The molecular formula is C8H11N3OP4. The van der Waals surface area contributed by atoms with Crippen LogP contribution in [0.5, 0.6) is 0 Å². The molecule has 0 aliphatic carbocycles. The third-order valence-electron chi connectivity index (χ3n) is 2.21. The van der Waals surface area contributed by atoms with Gasteiger partial charge in [0.15, 0.2) is 0 Å². The van der Waals surface area contributed by atoms with Gasteiger partial charge in [-0.1, -0.05) is 16.9 Å². The Morgan fingerprint density at radius 1 is 1.56 bits per heavy atom.